The van der Waals surface area contributed by atoms with E-state index in [9.17, 15) is 14.4 Å². The molecule has 0 spiro atoms. The molecular formula is C31H35N5O3S. The molecule has 1 aromatic heterocycles. The molecule has 2 saturated heterocycles. The van der Waals surface area contributed by atoms with Crippen molar-refractivity contribution in [1.82, 2.24) is 20.1 Å². The van der Waals surface area contributed by atoms with Crippen LogP contribution in [0.3, 0.4) is 0 Å². The summed E-state index contributed by atoms with van der Waals surface area (Å²) in [5, 5.41) is 5.91. The van der Waals surface area contributed by atoms with Gasteiger partial charge in [0.1, 0.15) is 5.01 Å². The van der Waals surface area contributed by atoms with E-state index in [0.29, 0.717) is 24.2 Å². The summed E-state index contributed by atoms with van der Waals surface area (Å²) in [6.07, 6.45) is 5.09. The van der Waals surface area contributed by atoms with Gasteiger partial charge in [0.15, 0.2) is 0 Å². The fourth-order valence-corrected chi connectivity index (χ4v) is 6.92. The summed E-state index contributed by atoms with van der Waals surface area (Å²) < 4.78 is 0. The predicted molar refractivity (Wildman–Crippen MR) is 155 cm³/mol. The smallest absolute Gasteiger partial charge is 0.264 e. The Morgan fingerprint density at radius 1 is 0.975 bits per heavy atom. The number of aromatic nitrogens is 1. The number of nitrogens with one attached hydrogen (secondary N) is 1. The quantitative estimate of drug-likeness (QED) is 0.431. The number of piperidine rings is 2. The van der Waals surface area contributed by atoms with Gasteiger partial charge in [0.05, 0.1) is 22.9 Å². The molecule has 3 aliphatic heterocycles. The molecule has 0 unspecified atom stereocenters. The number of thiazole rings is 1. The number of anilines is 1. The Kier molecular flexibility index (Phi) is 7.67. The zero-order valence-electron chi connectivity index (χ0n) is 22.8. The minimum absolute atomic E-state index is 0.0332. The molecule has 6 rings (SSSR count). The van der Waals surface area contributed by atoms with Gasteiger partial charge in [-0.1, -0.05) is 36.4 Å². The SMILES string of the molecule is C[C@H](c1nccs1)N1C(=O)c2cccc(N3CCC(C(=O)NC4CCN(Cc5ccccc5)CC4)CC3)c2C1=O. The fourth-order valence-electron chi connectivity index (χ4n) is 6.23. The van der Waals surface area contributed by atoms with Gasteiger partial charge >= 0.3 is 0 Å². The Bertz CT molecular complexity index is 1360. The zero-order chi connectivity index (χ0) is 27.6. The molecule has 9 heteroatoms. The second-order valence-electron chi connectivity index (χ2n) is 11.0. The van der Waals surface area contributed by atoms with Gasteiger partial charge in [-0.25, -0.2) is 4.98 Å². The van der Waals surface area contributed by atoms with E-state index in [4.69, 9.17) is 0 Å². The molecule has 0 radical (unpaired) electrons. The van der Waals surface area contributed by atoms with E-state index in [1.165, 1.54) is 21.8 Å². The normalized spacial score (nSPS) is 19.6. The van der Waals surface area contributed by atoms with E-state index in [2.05, 4.69) is 44.4 Å². The Morgan fingerprint density at radius 2 is 1.73 bits per heavy atom. The molecule has 3 aliphatic rings. The molecule has 3 aromatic rings. The lowest BCUT2D eigenvalue weighted by molar-refractivity contribution is -0.126. The molecule has 208 valence electrons. The summed E-state index contributed by atoms with van der Waals surface area (Å²) in [6.45, 7) is 6.13. The first kappa shape index (κ1) is 26.7. The van der Waals surface area contributed by atoms with Gasteiger partial charge in [-0.2, -0.15) is 0 Å². The van der Waals surface area contributed by atoms with Gasteiger partial charge in [0, 0.05) is 56.3 Å². The number of carbonyl (C=O) groups excluding carboxylic acids is 3. The first-order chi connectivity index (χ1) is 19.5. The first-order valence-electron chi connectivity index (χ1n) is 14.2. The summed E-state index contributed by atoms with van der Waals surface area (Å²) in [7, 11) is 0. The average molecular weight is 558 g/mol. The van der Waals surface area contributed by atoms with E-state index in [1.807, 2.05) is 30.5 Å². The Hall–Kier alpha value is -3.56. The molecular weight excluding hydrogens is 522 g/mol. The van der Waals surface area contributed by atoms with Gasteiger partial charge < -0.3 is 10.2 Å². The fraction of sp³-hybridized carbons (Fsp3) is 0.419. The highest BCUT2D eigenvalue weighted by Crippen LogP contribution is 2.38. The lowest BCUT2D eigenvalue weighted by Crippen LogP contribution is -2.48. The molecule has 2 fully saturated rings. The van der Waals surface area contributed by atoms with Crippen LogP contribution in [0.2, 0.25) is 0 Å². The summed E-state index contributed by atoms with van der Waals surface area (Å²) in [4.78, 5) is 50.1. The number of fused-ring (bicyclic) bond motifs is 1. The maximum Gasteiger partial charge on any atom is 0.264 e. The summed E-state index contributed by atoms with van der Waals surface area (Å²) >= 11 is 1.44. The van der Waals surface area contributed by atoms with Crippen molar-refractivity contribution in [3.8, 4) is 0 Å². The molecule has 4 heterocycles. The van der Waals surface area contributed by atoms with Crippen molar-refractivity contribution in [2.75, 3.05) is 31.1 Å². The van der Waals surface area contributed by atoms with Crippen LogP contribution in [0, 0.1) is 5.92 Å². The van der Waals surface area contributed by atoms with Crippen molar-refractivity contribution in [3.63, 3.8) is 0 Å². The van der Waals surface area contributed by atoms with Crippen molar-refractivity contribution >= 4 is 34.7 Å². The van der Waals surface area contributed by atoms with Gasteiger partial charge in [0.25, 0.3) is 11.8 Å². The molecule has 0 aliphatic carbocycles. The van der Waals surface area contributed by atoms with E-state index >= 15 is 0 Å². The van der Waals surface area contributed by atoms with Crippen LogP contribution in [0.1, 0.15) is 69.9 Å². The summed E-state index contributed by atoms with van der Waals surface area (Å²) in [5.74, 6) is -0.423. The van der Waals surface area contributed by atoms with Crippen molar-refractivity contribution in [1.29, 1.82) is 0 Å². The first-order valence-corrected chi connectivity index (χ1v) is 15.1. The number of imide groups is 1. The van der Waals surface area contributed by atoms with E-state index in [1.54, 1.807) is 12.3 Å². The van der Waals surface area contributed by atoms with E-state index < -0.39 is 6.04 Å². The maximum absolute atomic E-state index is 13.5. The minimum atomic E-state index is -0.417. The molecule has 40 heavy (non-hydrogen) atoms. The molecule has 1 atom stereocenters. The number of amides is 3. The summed E-state index contributed by atoms with van der Waals surface area (Å²) in [6, 6.07) is 15.8. The number of hydrogen-bond donors (Lipinski definition) is 1. The maximum atomic E-state index is 13.5. The Morgan fingerprint density at radius 3 is 2.42 bits per heavy atom. The Labute approximate surface area is 239 Å². The third-order valence-electron chi connectivity index (χ3n) is 8.51. The molecule has 2 aromatic carbocycles. The van der Waals surface area contributed by atoms with Crippen LogP contribution in [0.4, 0.5) is 5.69 Å². The van der Waals surface area contributed by atoms with Crippen molar-refractivity contribution < 1.29 is 14.4 Å². The van der Waals surface area contributed by atoms with E-state index in [0.717, 1.165) is 56.0 Å². The second-order valence-corrected chi connectivity index (χ2v) is 12.0. The molecule has 0 bridgehead atoms. The van der Waals surface area contributed by atoms with E-state index in [-0.39, 0.29) is 29.7 Å². The number of carbonyl (C=O) groups is 3. The van der Waals surface area contributed by atoms with Gasteiger partial charge in [-0.05, 0) is 50.3 Å². The largest absolute Gasteiger partial charge is 0.371 e. The van der Waals surface area contributed by atoms with Gasteiger partial charge in [-0.3, -0.25) is 24.2 Å². The molecule has 8 nitrogen and oxygen atoms in total. The number of hydrogen-bond acceptors (Lipinski definition) is 7. The lowest BCUT2D eigenvalue weighted by atomic mass is 9.93. The number of nitrogens with zero attached hydrogens (tertiary/aromatic N) is 4. The molecule has 3 amide bonds. The third-order valence-corrected chi connectivity index (χ3v) is 9.46. The van der Waals surface area contributed by atoms with Crippen LogP contribution in [0.15, 0.2) is 60.1 Å². The Balaban J connectivity index is 1.03. The molecule has 0 saturated carbocycles. The summed E-state index contributed by atoms with van der Waals surface area (Å²) in [5.41, 5.74) is 3.04. The van der Waals surface area contributed by atoms with Crippen LogP contribution in [-0.2, 0) is 11.3 Å². The topological polar surface area (TPSA) is 85.8 Å². The number of likely N-dealkylation sites (tertiary alicyclic amines) is 1. The van der Waals surface area contributed by atoms with Crippen LogP contribution < -0.4 is 10.2 Å². The monoisotopic (exact) mass is 557 g/mol. The highest BCUT2D eigenvalue weighted by molar-refractivity contribution is 7.09. The van der Waals surface area contributed by atoms with Crippen molar-refractivity contribution in [2.45, 2.75) is 51.2 Å². The number of rotatable bonds is 7. The minimum Gasteiger partial charge on any atom is -0.371 e. The van der Waals surface area contributed by atoms with Crippen LogP contribution in [-0.4, -0.2) is 64.7 Å². The molecule has 1 N–H and O–H groups in total. The number of benzene rings is 2. The third kappa shape index (κ3) is 5.28. The lowest BCUT2D eigenvalue weighted by Gasteiger charge is -2.36. The highest BCUT2D eigenvalue weighted by Gasteiger charge is 2.42. The van der Waals surface area contributed by atoms with Crippen LogP contribution >= 0.6 is 11.3 Å². The van der Waals surface area contributed by atoms with Crippen molar-refractivity contribution in [3.05, 3.63) is 81.8 Å². The average Bonchev–Trinajstić information content (AvgIpc) is 3.61. The van der Waals surface area contributed by atoms with Crippen molar-refractivity contribution in [2.24, 2.45) is 5.92 Å². The van der Waals surface area contributed by atoms with Crippen LogP contribution in [0.25, 0.3) is 0 Å². The van der Waals surface area contributed by atoms with Gasteiger partial charge in [-0.15, -0.1) is 11.3 Å². The standard InChI is InChI=1S/C31H35N5O3S/c1-21(29-32-14-19-40-29)36-30(38)25-8-5-9-26(27(25)31(36)39)35-17-10-23(11-18-35)28(37)33-24-12-15-34(16-13-24)20-22-6-3-2-4-7-22/h2-9,14,19,21,23-24H,10-13,15-18,20H2,1H3,(H,33,37)/t21-/m1/s1. The predicted octanol–water partition coefficient (Wildman–Crippen LogP) is 4.50. The highest BCUT2D eigenvalue weighted by atomic mass is 32.1. The second kappa shape index (κ2) is 11.5. The zero-order valence-corrected chi connectivity index (χ0v) is 23.6. The van der Waals surface area contributed by atoms with Gasteiger partial charge in [0.2, 0.25) is 5.91 Å². The van der Waals surface area contributed by atoms with Crippen LogP contribution in [0.5, 0.6) is 0 Å².